The van der Waals surface area contributed by atoms with Crippen LogP contribution in [0.1, 0.15) is 64.2 Å². The van der Waals surface area contributed by atoms with Crippen LogP contribution in [0.2, 0.25) is 0 Å². The van der Waals surface area contributed by atoms with Gasteiger partial charge in [0.1, 0.15) is 12.2 Å². The quantitative estimate of drug-likeness (QED) is 0.429. The van der Waals surface area contributed by atoms with Crippen molar-refractivity contribution in [1.29, 1.82) is 0 Å². The fourth-order valence-electron chi connectivity index (χ4n) is 6.95. The number of ether oxygens (including phenoxy) is 2. The van der Waals surface area contributed by atoms with E-state index in [0.717, 1.165) is 17.9 Å². The molecule has 5 nitrogen and oxygen atoms in total. The van der Waals surface area contributed by atoms with Crippen LogP contribution in [0.15, 0.2) is 12.7 Å². The Bertz CT molecular complexity index is 547. The lowest BCUT2D eigenvalue weighted by Crippen LogP contribution is -2.64. The van der Waals surface area contributed by atoms with E-state index in [9.17, 15) is 9.59 Å². The van der Waals surface area contributed by atoms with E-state index in [4.69, 9.17) is 9.47 Å². The average molecular weight is 376 g/mol. The highest BCUT2D eigenvalue weighted by Gasteiger charge is 2.62. The number of esters is 1. The number of carbonyl (C=O) groups excluding carboxylic acids is 2. The lowest BCUT2D eigenvalue weighted by molar-refractivity contribution is -0.206. The van der Waals surface area contributed by atoms with Crippen molar-refractivity contribution in [2.75, 3.05) is 13.2 Å². The van der Waals surface area contributed by atoms with Crippen LogP contribution in [0.3, 0.4) is 0 Å². The van der Waals surface area contributed by atoms with Crippen LogP contribution in [0.5, 0.6) is 0 Å². The van der Waals surface area contributed by atoms with Crippen molar-refractivity contribution in [2.45, 2.75) is 69.8 Å². The SMILES string of the molecule is C=CC(=O)OCCNC(=O)OC1(C2CCCCC2)C2CC3CC(C2)CC1C3. The van der Waals surface area contributed by atoms with E-state index in [-0.39, 0.29) is 24.8 Å². The van der Waals surface area contributed by atoms with Crippen molar-refractivity contribution in [2.24, 2.45) is 29.6 Å². The van der Waals surface area contributed by atoms with Crippen molar-refractivity contribution >= 4 is 12.1 Å². The molecule has 0 atom stereocenters. The summed E-state index contributed by atoms with van der Waals surface area (Å²) in [6, 6.07) is 0. The van der Waals surface area contributed by atoms with Crippen molar-refractivity contribution in [1.82, 2.24) is 5.32 Å². The molecule has 150 valence electrons. The molecule has 1 amide bonds. The summed E-state index contributed by atoms with van der Waals surface area (Å²) in [7, 11) is 0. The number of hydrogen-bond donors (Lipinski definition) is 1. The molecule has 4 bridgehead atoms. The maximum atomic E-state index is 12.7. The topological polar surface area (TPSA) is 64.6 Å². The second-order valence-electron chi connectivity index (χ2n) is 9.18. The summed E-state index contributed by atoms with van der Waals surface area (Å²) in [6.45, 7) is 3.79. The maximum Gasteiger partial charge on any atom is 0.407 e. The zero-order valence-electron chi connectivity index (χ0n) is 16.3. The second-order valence-corrected chi connectivity index (χ2v) is 9.18. The van der Waals surface area contributed by atoms with Crippen molar-refractivity contribution in [3.8, 4) is 0 Å². The van der Waals surface area contributed by atoms with Gasteiger partial charge in [0.2, 0.25) is 0 Å². The molecule has 0 saturated heterocycles. The minimum absolute atomic E-state index is 0.146. The molecule has 5 aliphatic carbocycles. The Hall–Kier alpha value is -1.52. The second kappa shape index (κ2) is 7.84. The first kappa shape index (κ1) is 18.8. The van der Waals surface area contributed by atoms with Gasteiger partial charge in [-0.05, 0) is 74.5 Å². The van der Waals surface area contributed by atoms with Gasteiger partial charge in [-0.3, -0.25) is 0 Å². The molecule has 0 heterocycles. The van der Waals surface area contributed by atoms with Gasteiger partial charge in [0, 0.05) is 6.08 Å². The van der Waals surface area contributed by atoms with Gasteiger partial charge < -0.3 is 14.8 Å². The average Bonchev–Trinajstić information content (AvgIpc) is 2.68. The van der Waals surface area contributed by atoms with E-state index in [2.05, 4.69) is 11.9 Å². The minimum atomic E-state index is -0.468. The van der Waals surface area contributed by atoms with Crippen LogP contribution in [0.4, 0.5) is 4.79 Å². The van der Waals surface area contributed by atoms with Crippen LogP contribution in [0.25, 0.3) is 0 Å². The fourth-order valence-corrected chi connectivity index (χ4v) is 6.95. The largest absolute Gasteiger partial charge is 0.461 e. The summed E-state index contributed by atoms with van der Waals surface area (Å²) < 4.78 is 11.3. The van der Waals surface area contributed by atoms with Crippen molar-refractivity contribution < 1.29 is 19.1 Å². The zero-order chi connectivity index (χ0) is 18.9. The monoisotopic (exact) mass is 375 g/mol. The van der Waals surface area contributed by atoms with Crippen LogP contribution in [-0.4, -0.2) is 30.8 Å². The smallest absolute Gasteiger partial charge is 0.407 e. The minimum Gasteiger partial charge on any atom is -0.461 e. The van der Waals surface area contributed by atoms with E-state index in [1.54, 1.807) is 0 Å². The summed E-state index contributed by atoms with van der Waals surface area (Å²) in [5.74, 6) is 2.85. The molecule has 0 aliphatic heterocycles. The standard InChI is InChI=1S/C22H33NO4/c1-2-20(24)26-9-8-23-21(25)27-22(17-6-4-3-5-7-17)18-11-15-10-16(13-18)14-19(22)12-15/h2,15-19H,1,3-14H2,(H,23,25). The van der Waals surface area contributed by atoms with E-state index >= 15 is 0 Å². The van der Waals surface area contributed by atoms with Crippen molar-refractivity contribution in [3.63, 3.8) is 0 Å². The predicted molar refractivity (Wildman–Crippen MR) is 102 cm³/mol. The normalized spacial score (nSPS) is 37.6. The number of hydrogen-bond acceptors (Lipinski definition) is 4. The lowest BCUT2D eigenvalue weighted by Gasteiger charge is -2.63. The molecule has 0 radical (unpaired) electrons. The molecule has 0 aromatic rings. The number of nitrogens with one attached hydrogen (secondary N) is 1. The summed E-state index contributed by atoms with van der Waals surface area (Å²) in [4.78, 5) is 23.8. The Kier molecular flexibility index (Phi) is 5.47. The first-order valence-electron chi connectivity index (χ1n) is 10.9. The van der Waals surface area contributed by atoms with Gasteiger partial charge >= 0.3 is 12.1 Å². The van der Waals surface area contributed by atoms with E-state index < -0.39 is 5.97 Å². The first-order valence-corrected chi connectivity index (χ1v) is 10.9. The molecule has 27 heavy (non-hydrogen) atoms. The summed E-state index contributed by atoms with van der Waals surface area (Å²) >= 11 is 0. The van der Waals surface area contributed by atoms with Gasteiger partial charge in [-0.1, -0.05) is 25.8 Å². The molecule has 5 fully saturated rings. The van der Waals surface area contributed by atoms with Gasteiger partial charge in [-0.2, -0.15) is 0 Å². The maximum absolute atomic E-state index is 12.7. The Morgan fingerprint density at radius 1 is 0.963 bits per heavy atom. The van der Waals surface area contributed by atoms with E-state index in [0.29, 0.717) is 17.8 Å². The molecule has 0 aromatic carbocycles. The summed E-state index contributed by atoms with van der Waals surface area (Å²) in [5, 5.41) is 2.81. The molecule has 0 spiro atoms. The fraction of sp³-hybridized carbons (Fsp3) is 0.818. The van der Waals surface area contributed by atoms with Gasteiger partial charge in [0.15, 0.2) is 0 Å². The Morgan fingerprint density at radius 3 is 2.19 bits per heavy atom. The molecule has 5 heteroatoms. The Labute approximate surface area is 162 Å². The van der Waals surface area contributed by atoms with Gasteiger partial charge in [0.05, 0.1) is 6.54 Å². The summed E-state index contributed by atoms with van der Waals surface area (Å²) in [6.07, 6.45) is 13.4. The van der Waals surface area contributed by atoms with Crippen LogP contribution < -0.4 is 5.32 Å². The number of alkyl carbamates (subject to hydrolysis) is 1. The molecule has 1 N–H and O–H groups in total. The van der Waals surface area contributed by atoms with Crippen LogP contribution >= 0.6 is 0 Å². The third-order valence-electron chi connectivity index (χ3n) is 7.71. The molecule has 5 saturated carbocycles. The van der Waals surface area contributed by atoms with Crippen molar-refractivity contribution in [3.05, 3.63) is 12.7 Å². The third-order valence-corrected chi connectivity index (χ3v) is 7.71. The molecular formula is C22H33NO4. The summed E-state index contributed by atoms with van der Waals surface area (Å²) in [5.41, 5.74) is -0.254. The highest BCUT2D eigenvalue weighted by Crippen LogP contribution is 2.63. The lowest BCUT2D eigenvalue weighted by atomic mass is 9.46. The molecule has 5 aliphatic rings. The Morgan fingerprint density at radius 2 is 1.59 bits per heavy atom. The third kappa shape index (κ3) is 3.62. The van der Waals surface area contributed by atoms with Crippen LogP contribution in [0, 0.1) is 29.6 Å². The van der Waals surface area contributed by atoms with Gasteiger partial charge in [-0.25, -0.2) is 9.59 Å². The molecular weight excluding hydrogens is 342 g/mol. The molecule has 5 rings (SSSR count). The molecule has 0 aromatic heterocycles. The number of rotatable bonds is 6. The Balaban J connectivity index is 1.44. The predicted octanol–water partition coefficient (Wildman–Crippen LogP) is 4.22. The first-order chi connectivity index (χ1) is 13.1. The van der Waals surface area contributed by atoms with E-state index in [1.807, 2.05) is 0 Å². The van der Waals surface area contributed by atoms with Gasteiger partial charge in [0.25, 0.3) is 0 Å². The highest BCUT2D eigenvalue weighted by molar-refractivity contribution is 5.81. The van der Waals surface area contributed by atoms with Crippen LogP contribution in [-0.2, 0) is 14.3 Å². The zero-order valence-corrected chi connectivity index (χ0v) is 16.3. The number of amides is 1. The number of carbonyl (C=O) groups is 2. The molecule has 0 unspecified atom stereocenters. The van der Waals surface area contributed by atoms with Gasteiger partial charge in [-0.15, -0.1) is 0 Å². The van der Waals surface area contributed by atoms with E-state index in [1.165, 1.54) is 64.2 Å². The highest BCUT2D eigenvalue weighted by atomic mass is 16.6.